The predicted octanol–water partition coefficient (Wildman–Crippen LogP) is 2.07. The Kier molecular flexibility index (Phi) is 9.64. The second kappa shape index (κ2) is 12.0. The highest BCUT2D eigenvalue weighted by atomic mass is 79.9. The number of piperazine rings is 1. The van der Waals surface area contributed by atoms with Crippen LogP contribution in [0.5, 0.6) is 17.2 Å². The van der Waals surface area contributed by atoms with Crippen molar-refractivity contribution in [3.8, 4) is 17.2 Å². The molecule has 0 aliphatic carbocycles. The Labute approximate surface area is 194 Å². The normalized spacial score (nSPS) is 16.9. The van der Waals surface area contributed by atoms with Crippen molar-refractivity contribution >= 4 is 34.9 Å². The molecule has 1 aromatic rings. The molecule has 9 heteroatoms. The lowest BCUT2D eigenvalue weighted by atomic mass is 10.1. The minimum atomic E-state index is -0.0470. The molecule has 2 aliphatic rings. The van der Waals surface area contributed by atoms with Gasteiger partial charge in [0.15, 0.2) is 11.5 Å². The fourth-order valence-electron chi connectivity index (χ4n) is 3.85. The van der Waals surface area contributed by atoms with Crippen molar-refractivity contribution < 1.29 is 23.8 Å². The van der Waals surface area contributed by atoms with Crippen molar-refractivity contribution in [1.29, 1.82) is 0 Å². The van der Waals surface area contributed by atoms with Gasteiger partial charge in [0.1, 0.15) is 0 Å². The lowest BCUT2D eigenvalue weighted by Crippen LogP contribution is -2.51. The first-order valence-corrected chi connectivity index (χ1v) is 10.3. The summed E-state index contributed by atoms with van der Waals surface area (Å²) in [5, 5.41) is 0. The molecular formula is C22H32BrN3O5. The number of carbonyl (C=O) groups excluding carboxylic acids is 2. The lowest BCUT2D eigenvalue weighted by molar-refractivity contribution is -0.132. The summed E-state index contributed by atoms with van der Waals surface area (Å²) in [4.78, 5) is 30.8. The average Bonchev–Trinajstić information content (AvgIpc) is 3.32. The van der Waals surface area contributed by atoms with Crippen LogP contribution in [0.4, 0.5) is 0 Å². The van der Waals surface area contributed by atoms with Gasteiger partial charge in [0, 0.05) is 45.3 Å². The lowest BCUT2D eigenvalue weighted by Gasteiger charge is -2.34. The Balaban J connectivity index is 0.00000341. The highest BCUT2D eigenvalue weighted by Gasteiger charge is 2.24. The van der Waals surface area contributed by atoms with E-state index < -0.39 is 0 Å². The third-order valence-corrected chi connectivity index (χ3v) is 5.61. The number of methoxy groups -OCH3 is 3. The zero-order valence-corrected chi connectivity index (χ0v) is 20.2. The maximum absolute atomic E-state index is 12.6. The third-order valence-electron chi connectivity index (χ3n) is 5.61. The maximum atomic E-state index is 12.6. The van der Waals surface area contributed by atoms with E-state index >= 15 is 0 Å². The predicted molar refractivity (Wildman–Crippen MR) is 124 cm³/mol. The summed E-state index contributed by atoms with van der Waals surface area (Å²) in [6.45, 7) is 4.86. The van der Waals surface area contributed by atoms with Gasteiger partial charge in [-0.05, 0) is 36.6 Å². The molecule has 0 atom stereocenters. The molecule has 0 spiro atoms. The molecule has 2 fully saturated rings. The van der Waals surface area contributed by atoms with Crippen LogP contribution < -0.4 is 14.2 Å². The van der Waals surface area contributed by atoms with Gasteiger partial charge in [-0.25, -0.2) is 0 Å². The fraction of sp³-hybridized carbons (Fsp3) is 0.545. The summed E-state index contributed by atoms with van der Waals surface area (Å²) in [5.74, 6) is 1.76. The molecule has 0 N–H and O–H groups in total. The molecule has 0 unspecified atom stereocenters. The van der Waals surface area contributed by atoms with Crippen molar-refractivity contribution in [1.82, 2.24) is 14.7 Å². The van der Waals surface area contributed by atoms with E-state index in [1.165, 1.54) is 0 Å². The van der Waals surface area contributed by atoms with Gasteiger partial charge in [-0.2, -0.15) is 0 Å². The average molecular weight is 498 g/mol. The number of nitrogens with zero attached hydrogens (tertiary/aromatic N) is 3. The zero-order chi connectivity index (χ0) is 21.5. The highest BCUT2D eigenvalue weighted by molar-refractivity contribution is 8.93. The Morgan fingerprint density at radius 1 is 0.871 bits per heavy atom. The highest BCUT2D eigenvalue weighted by Crippen LogP contribution is 2.38. The first-order valence-electron chi connectivity index (χ1n) is 10.3. The van der Waals surface area contributed by atoms with E-state index in [0.717, 1.165) is 31.5 Å². The second-order valence-electron chi connectivity index (χ2n) is 7.48. The molecule has 2 heterocycles. The molecule has 1 aromatic carbocycles. The minimum Gasteiger partial charge on any atom is -0.493 e. The van der Waals surface area contributed by atoms with Crippen LogP contribution in [0.3, 0.4) is 0 Å². The first kappa shape index (κ1) is 25.0. The topological polar surface area (TPSA) is 71.6 Å². The van der Waals surface area contributed by atoms with Crippen molar-refractivity contribution in [3.63, 3.8) is 0 Å². The van der Waals surface area contributed by atoms with E-state index in [2.05, 4.69) is 4.90 Å². The second-order valence-corrected chi connectivity index (χ2v) is 7.48. The van der Waals surface area contributed by atoms with Crippen LogP contribution in [0.15, 0.2) is 18.2 Å². The molecule has 2 aliphatic heterocycles. The first-order chi connectivity index (χ1) is 14.5. The zero-order valence-electron chi connectivity index (χ0n) is 18.5. The van der Waals surface area contributed by atoms with Gasteiger partial charge in [0.25, 0.3) is 0 Å². The van der Waals surface area contributed by atoms with Crippen LogP contribution in [0.25, 0.3) is 6.08 Å². The van der Waals surface area contributed by atoms with Crippen LogP contribution in [-0.4, -0.2) is 93.7 Å². The summed E-state index contributed by atoms with van der Waals surface area (Å²) < 4.78 is 16.0. The molecule has 2 amide bonds. The Morgan fingerprint density at radius 2 is 1.45 bits per heavy atom. The number of halogens is 1. The molecule has 0 aromatic heterocycles. The van der Waals surface area contributed by atoms with Crippen LogP contribution in [0, 0.1) is 0 Å². The molecule has 0 radical (unpaired) electrons. The van der Waals surface area contributed by atoms with Crippen molar-refractivity contribution in [3.05, 3.63) is 23.8 Å². The SMILES string of the molecule is Br.COc1cc(/C=C/C(=O)N2CCN(CC(=O)N3CCCC3)CC2)cc(OC)c1OC. The number of ether oxygens (including phenoxy) is 3. The molecule has 31 heavy (non-hydrogen) atoms. The summed E-state index contributed by atoms with van der Waals surface area (Å²) in [6, 6.07) is 3.60. The fourth-order valence-corrected chi connectivity index (χ4v) is 3.85. The molecule has 8 nitrogen and oxygen atoms in total. The van der Waals surface area contributed by atoms with E-state index in [0.29, 0.717) is 50.0 Å². The molecule has 0 bridgehead atoms. The molecule has 2 saturated heterocycles. The van der Waals surface area contributed by atoms with Gasteiger partial charge < -0.3 is 24.0 Å². The van der Waals surface area contributed by atoms with E-state index in [1.807, 2.05) is 9.80 Å². The quantitative estimate of drug-likeness (QED) is 0.537. The van der Waals surface area contributed by atoms with E-state index in [4.69, 9.17) is 14.2 Å². The number of benzene rings is 1. The number of hydrogen-bond donors (Lipinski definition) is 0. The van der Waals surface area contributed by atoms with Crippen molar-refractivity contribution in [2.75, 3.05) is 67.1 Å². The van der Waals surface area contributed by atoms with Crippen LogP contribution in [-0.2, 0) is 9.59 Å². The summed E-state index contributed by atoms with van der Waals surface area (Å²) in [7, 11) is 4.67. The van der Waals surface area contributed by atoms with E-state index in [1.54, 1.807) is 45.6 Å². The molecule has 3 rings (SSSR count). The summed E-state index contributed by atoms with van der Waals surface area (Å²) in [5.41, 5.74) is 0.785. The van der Waals surface area contributed by atoms with Gasteiger partial charge in [0.05, 0.1) is 27.9 Å². The molecule has 0 saturated carbocycles. The van der Waals surface area contributed by atoms with Crippen molar-refractivity contribution in [2.45, 2.75) is 12.8 Å². The Hall–Kier alpha value is -2.26. The third kappa shape index (κ3) is 6.36. The van der Waals surface area contributed by atoms with E-state index in [9.17, 15) is 9.59 Å². The standard InChI is InChI=1S/C22H31N3O5.BrH/c1-28-18-14-17(15-19(29-2)22(18)30-3)6-7-20(26)25-12-10-23(11-13-25)16-21(27)24-8-4-5-9-24;/h6-7,14-15H,4-5,8-13,16H2,1-3H3;1H/b7-6+;. The maximum Gasteiger partial charge on any atom is 0.246 e. The summed E-state index contributed by atoms with van der Waals surface area (Å²) >= 11 is 0. The monoisotopic (exact) mass is 497 g/mol. The number of amides is 2. The van der Waals surface area contributed by atoms with Crippen molar-refractivity contribution in [2.24, 2.45) is 0 Å². The van der Waals surface area contributed by atoms with E-state index in [-0.39, 0.29) is 28.8 Å². The van der Waals surface area contributed by atoms with Crippen LogP contribution in [0.2, 0.25) is 0 Å². The number of hydrogen-bond acceptors (Lipinski definition) is 6. The Morgan fingerprint density at radius 3 is 1.97 bits per heavy atom. The van der Waals surface area contributed by atoms with Gasteiger partial charge in [-0.3, -0.25) is 14.5 Å². The van der Waals surface area contributed by atoms with Crippen LogP contribution >= 0.6 is 17.0 Å². The minimum absolute atomic E-state index is 0. The van der Waals surface area contributed by atoms with Crippen LogP contribution in [0.1, 0.15) is 18.4 Å². The van der Waals surface area contributed by atoms with Gasteiger partial charge >= 0.3 is 0 Å². The van der Waals surface area contributed by atoms with Gasteiger partial charge in [-0.1, -0.05) is 0 Å². The summed E-state index contributed by atoms with van der Waals surface area (Å²) in [6.07, 6.45) is 5.51. The Bertz CT molecular complexity index is 762. The van der Waals surface area contributed by atoms with Gasteiger partial charge in [0.2, 0.25) is 17.6 Å². The molecule has 172 valence electrons. The number of likely N-dealkylation sites (tertiary alicyclic amines) is 1. The smallest absolute Gasteiger partial charge is 0.246 e. The number of rotatable bonds is 7. The molecular weight excluding hydrogens is 466 g/mol. The largest absolute Gasteiger partial charge is 0.493 e. The number of carbonyl (C=O) groups is 2. The van der Waals surface area contributed by atoms with Gasteiger partial charge in [-0.15, -0.1) is 17.0 Å².